The van der Waals surface area contributed by atoms with E-state index in [0.717, 1.165) is 22.8 Å². The lowest BCUT2D eigenvalue weighted by Gasteiger charge is -2.17. The van der Waals surface area contributed by atoms with E-state index in [1.807, 2.05) is 43.3 Å². The van der Waals surface area contributed by atoms with Gasteiger partial charge in [0.15, 0.2) is 5.17 Å². The van der Waals surface area contributed by atoms with Crippen molar-refractivity contribution in [3.63, 3.8) is 0 Å². The second kappa shape index (κ2) is 8.84. The number of carbonyl (C=O) groups excluding carboxylic acids is 1. The van der Waals surface area contributed by atoms with E-state index in [4.69, 9.17) is 14.2 Å². The van der Waals surface area contributed by atoms with Crippen LogP contribution in [0.2, 0.25) is 0 Å². The molecular weight excluding hydrogens is 376 g/mol. The van der Waals surface area contributed by atoms with E-state index in [-0.39, 0.29) is 5.91 Å². The lowest BCUT2D eigenvalue weighted by atomic mass is 10.1. The maximum Gasteiger partial charge on any atom is 0.283 e. The van der Waals surface area contributed by atoms with Crippen molar-refractivity contribution in [1.29, 1.82) is 0 Å². The molecule has 0 atom stereocenters. The van der Waals surface area contributed by atoms with Crippen LogP contribution in [0.15, 0.2) is 53.2 Å². The molecule has 1 amide bonds. The van der Waals surface area contributed by atoms with Crippen LogP contribution in [0.1, 0.15) is 12.5 Å². The number of thioether (sulfide) groups is 1. The van der Waals surface area contributed by atoms with Gasteiger partial charge in [0.1, 0.15) is 22.9 Å². The molecule has 0 aliphatic carbocycles. The number of anilines is 1. The Bertz CT molecular complexity index is 923. The first-order valence-corrected chi connectivity index (χ1v) is 9.73. The summed E-state index contributed by atoms with van der Waals surface area (Å²) in [4.78, 5) is 19.3. The number of amides is 1. The predicted molar refractivity (Wildman–Crippen MR) is 114 cm³/mol. The van der Waals surface area contributed by atoms with Crippen LogP contribution in [0.4, 0.5) is 5.69 Å². The first-order chi connectivity index (χ1) is 13.6. The number of amidine groups is 1. The van der Waals surface area contributed by atoms with Gasteiger partial charge in [-0.25, -0.2) is 4.99 Å². The molecule has 0 radical (unpaired) electrons. The summed E-state index contributed by atoms with van der Waals surface area (Å²) < 4.78 is 15.9. The lowest BCUT2D eigenvalue weighted by molar-refractivity contribution is -0.113. The van der Waals surface area contributed by atoms with E-state index in [1.54, 1.807) is 38.4 Å². The number of hydrogen-bond donors (Lipinski definition) is 0. The van der Waals surface area contributed by atoms with Gasteiger partial charge in [-0.05, 0) is 48.2 Å². The fraction of sp³-hybridized carbons (Fsp3) is 0.238. The Labute approximate surface area is 168 Å². The molecule has 1 aliphatic rings. The molecule has 146 valence electrons. The van der Waals surface area contributed by atoms with E-state index >= 15 is 0 Å². The molecule has 1 heterocycles. The molecule has 0 saturated carbocycles. The minimum absolute atomic E-state index is 0.181. The Kier molecular flexibility index (Phi) is 6.26. The third kappa shape index (κ3) is 3.99. The van der Waals surface area contributed by atoms with E-state index < -0.39 is 0 Å². The van der Waals surface area contributed by atoms with E-state index in [9.17, 15) is 4.79 Å². The summed E-state index contributed by atoms with van der Waals surface area (Å²) in [5.41, 5.74) is 1.86. The summed E-state index contributed by atoms with van der Waals surface area (Å²) in [5.74, 6) is 2.65. The van der Waals surface area contributed by atoms with Crippen LogP contribution < -0.4 is 19.1 Å². The van der Waals surface area contributed by atoms with Crippen molar-refractivity contribution in [3.8, 4) is 17.2 Å². The van der Waals surface area contributed by atoms with Crippen molar-refractivity contribution < 1.29 is 19.0 Å². The highest BCUT2D eigenvalue weighted by atomic mass is 32.2. The molecule has 2 aromatic rings. The van der Waals surface area contributed by atoms with E-state index in [0.29, 0.717) is 22.4 Å². The SMILES string of the molecule is CCSC1=NC(=Cc2ccc(OC)cc2OC)C(=O)N1c1ccc(OC)cc1. The van der Waals surface area contributed by atoms with Crippen molar-refractivity contribution in [2.45, 2.75) is 6.92 Å². The largest absolute Gasteiger partial charge is 0.497 e. The van der Waals surface area contributed by atoms with Crippen LogP contribution in [0.5, 0.6) is 17.2 Å². The van der Waals surface area contributed by atoms with Crippen molar-refractivity contribution in [2.75, 3.05) is 32.0 Å². The number of hydrogen-bond acceptors (Lipinski definition) is 6. The monoisotopic (exact) mass is 398 g/mol. The lowest BCUT2D eigenvalue weighted by Crippen LogP contribution is -2.30. The Morgan fingerprint density at radius 3 is 2.29 bits per heavy atom. The molecule has 0 spiro atoms. The summed E-state index contributed by atoms with van der Waals surface area (Å²) in [7, 11) is 4.79. The highest BCUT2D eigenvalue weighted by Gasteiger charge is 2.31. The first-order valence-electron chi connectivity index (χ1n) is 8.75. The van der Waals surface area contributed by atoms with Crippen molar-refractivity contribution >= 4 is 34.6 Å². The van der Waals surface area contributed by atoms with Crippen LogP contribution in [-0.2, 0) is 4.79 Å². The minimum Gasteiger partial charge on any atom is -0.497 e. The number of benzene rings is 2. The fourth-order valence-electron chi connectivity index (χ4n) is 2.77. The van der Waals surface area contributed by atoms with Gasteiger partial charge in [-0.1, -0.05) is 18.7 Å². The topological polar surface area (TPSA) is 60.4 Å². The van der Waals surface area contributed by atoms with Gasteiger partial charge in [-0.15, -0.1) is 0 Å². The van der Waals surface area contributed by atoms with Crippen LogP contribution in [0, 0.1) is 0 Å². The fourth-order valence-corrected chi connectivity index (χ4v) is 3.50. The molecule has 2 aromatic carbocycles. The van der Waals surface area contributed by atoms with Crippen molar-refractivity contribution in [3.05, 3.63) is 53.7 Å². The number of aliphatic imine (C=N–C) groups is 1. The number of nitrogens with zero attached hydrogens (tertiary/aromatic N) is 2. The van der Waals surface area contributed by atoms with Crippen LogP contribution >= 0.6 is 11.8 Å². The molecule has 0 aromatic heterocycles. The second-order valence-electron chi connectivity index (χ2n) is 5.80. The zero-order valence-electron chi connectivity index (χ0n) is 16.3. The standard InChI is InChI=1S/C21H22N2O4S/c1-5-28-21-22-18(12-14-6-9-17(26-3)13-19(14)27-4)20(24)23(21)15-7-10-16(25-2)11-8-15/h6-13H,5H2,1-4H3. The third-order valence-electron chi connectivity index (χ3n) is 4.17. The summed E-state index contributed by atoms with van der Waals surface area (Å²) in [6.45, 7) is 2.03. The Morgan fingerprint density at radius 1 is 1.00 bits per heavy atom. The average molecular weight is 398 g/mol. The van der Waals surface area contributed by atoms with Crippen LogP contribution in [0.3, 0.4) is 0 Å². The number of ether oxygens (including phenoxy) is 3. The average Bonchev–Trinajstić information content (AvgIpc) is 3.03. The second-order valence-corrected chi connectivity index (χ2v) is 7.03. The van der Waals surface area contributed by atoms with Gasteiger partial charge in [0.25, 0.3) is 5.91 Å². The normalized spacial score (nSPS) is 15.0. The molecule has 3 rings (SSSR count). The Hall–Kier alpha value is -2.93. The van der Waals surface area contributed by atoms with E-state index in [1.165, 1.54) is 11.8 Å². The molecule has 28 heavy (non-hydrogen) atoms. The zero-order valence-corrected chi connectivity index (χ0v) is 17.1. The zero-order chi connectivity index (χ0) is 20.1. The summed E-state index contributed by atoms with van der Waals surface area (Å²) in [5, 5.41) is 0.649. The molecule has 0 saturated heterocycles. The Morgan fingerprint density at radius 2 is 1.68 bits per heavy atom. The van der Waals surface area contributed by atoms with Crippen molar-refractivity contribution in [2.24, 2.45) is 4.99 Å². The van der Waals surface area contributed by atoms with Gasteiger partial charge in [0, 0.05) is 11.6 Å². The molecule has 0 bridgehead atoms. The molecule has 7 heteroatoms. The number of carbonyl (C=O) groups is 1. The summed E-state index contributed by atoms with van der Waals surface area (Å²) in [6, 6.07) is 12.8. The van der Waals surface area contributed by atoms with Crippen LogP contribution in [-0.4, -0.2) is 38.2 Å². The van der Waals surface area contributed by atoms with Gasteiger partial charge >= 0.3 is 0 Å². The van der Waals surface area contributed by atoms with Gasteiger partial charge in [-0.3, -0.25) is 9.69 Å². The van der Waals surface area contributed by atoms with Crippen molar-refractivity contribution in [1.82, 2.24) is 0 Å². The quantitative estimate of drug-likeness (QED) is 0.682. The number of rotatable bonds is 6. The van der Waals surface area contributed by atoms with E-state index in [2.05, 4.69) is 4.99 Å². The molecule has 6 nitrogen and oxygen atoms in total. The van der Waals surface area contributed by atoms with Crippen LogP contribution in [0.25, 0.3) is 6.08 Å². The molecule has 1 aliphatic heterocycles. The maximum atomic E-state index is 13.1. The van der Waals surface area contributed by atoms with Gasteiger partial charge in [0.05, 0.1) is 27.0 Å². The smallest absolute Gasteiger partial charge is 0.283 e. The maximum absolute atomic E-state index is 13.1. The minimum atomic E-state index is -0.181. The van der Waals surface area contributed by atoms with Gasteiger partial charge in [0.2, 0.25) is 0 Å². The van der Waals surface area contributed by atoms with Gasteiger partial charge < -0.3 is 14.2 Å². The Balaban J connectivity index is 1.98. The van der Waals surface area contributed by atoms with Gasteiger partial charge in [-0.2, -0.15) is 0 Å². The molecule has 0 N–H and O–H groups in total. The summed E-state index contributed by atoms with van der Waals surface area (Å²) in [6.07, 6.45) is 1.74. The number of methoxy groups -OCH3 is 3. The molecule has 0 unspecified atom stereocenters. The third-order valence-corrected chi connectivity index (χ3v) is 4.99. The molecule has 0 fully saturated rings. The highest BCUT2D eigenvalue weighted by Crippen LogP contribution is 2.32. The predicted octanol–water partition coefficient (Wildman–Crippen LogP) is 4.21. The first kappa shape index (κ1) is 19.8. The molecular formula is C21H22N2O4S. The summed E-state index contributed by atoms with van der Waals surface area (Å²) >= 11 is 1.52. The highest BCUT2D eigenvalue weighted by molar-refractivity contribution is 8.14.